The number of hydrogen-bond donors (Lipinski definition) is 1. The van der Waals surface area contributed by atoms with Crippen molar-refractivity contribution in [1.82, 2.24) is 14.9 Å². The third-order valence-electron chi connectivity index (χ3n) is 5.22. The Kier molecular flexibility index (Phi) is 4.86. The van der Waals surface area contributed by atoms with E-state index in [1.165, 1.54) is 22.2 Å². The largest absolute Gasteiger partial charge is 0.342 e. The molecule has 0 aromatic carbocycles. The summed E-state index contributed by atoms with van der Waals surface area (Å²) in [5.41, 5.74) is 1.19. The number of nitrogens with zero attached hydrogens (tertiary/aromatic N) is 2. The van der Waals surface area contributed by atoms with Gasteiger partial charge in [-0.1, -0.05) is 6.92 Å². The molecule has 0 saturated carbocycles. The van der Waals surface area contributed by atoms with E-state index in [0.29, 0.717) is 17.3 Å². The van der Waals surface area contributed by atoms with E-state index in [1.807, 2.05) is 4.90 Å². The number of thiophene rings is 1. The predicted octanol–water partition coefficient (Wildman–Crippen LogP) is 2.97. The van der Waals surface area contributed by atoms with Gasteiger partial charge in [0, 0.05) is 18.0 Å². The van der Waals surface area contributed by atoms with Crippen molar-refractivity contribution in [3.8, 4) is 0 Å². The number of rotatable bonds is 4. The van der Waals surface area contributed by atoms with Gasteiger partial charge in [0.15, 0.2) is 0 Å². The smallest absolute Gasteiger partial charge is 0.259 e. The molecule has 3 heterocycles. The topological polar surface area (TPSA) is 66.1 Å². The van der Waals surface area contributed by atoms with Gasteiger partial charge in [0.25, 0.3) is 5.56 Å². The van der Waals surface area contributed by atoms with E-state index in [9.17, 15) is 9.59 Å². The van der Waals surface area contributed by atoms with Gasteiger partial charge in [-0.05, 0) is 43.6 Å². The Morgan fingerprint density at radius 1 is 1.36 bits per heavy atom. The lowest BCUT2D eigenvalue weighted by Gasteiger charge is -2.30. The minimum absolute atomic E-state index is 0.0173. The fraction of sp³-hybridized carbons (Fsp3) is 0.611. The van der Waals surface area contributed by atoms with Gasteiger partial charge in [0.2, 0.25) is 5.91 Å². The van der Waals surface area contributed by atoms with E-state index in [2.05, 4.69) is 16.9 Å². The summed E-state index contributed by atoms with van der Waals surface area (Å²) < 4.78 is 0. The van der Waals surface area contributed by atoms with Crippen molar-refractivity contribution in [3.05, 3.63) is 26.6 Å². The highest BCUT2D eigenvalue weighted by Gasteiger charge is 2.22. The molecule has 0 radical (unpaired) electrons. The first-order valence-corrected chi connectivity index (χ1v) is 11.0. The monoisotopic (exact) mass is 377 g/mol. The Hall–Kier alpha value is -1.34. The van der Waals surface area contributed by atoms with Gasteiger partial charge in [0.1, 0.15) is 10.7 Å². The number of piperidine rings is 1. The molecule has 25 heavy (non-hydrogen) atoms. The summed E-state index contributed by atoms with van der Waals surface area (Å²) in [5.74, 6) is 2.64. The summed E-state index contributed by atoms with van der Waals surface area (Å²) >= 11 is 3.20. The molecule has 1 aliphatic heterocycles. The van der Waals surface area contributed by atoms with Gasteiger partial charge >= 0.3 is 0 Å². The SMILES string of the molecule is CC1CCN(C(=O)CSCc2nc3sc4c(c3c(=O)[nH]2)CCC4)CC1. The first-order valence-electron chi connectivity index (χ1n) is 9.01. The number of nitrogens with one attached hydrogen (secondary N) is 1. The normalized spacial score (nSPS) is 18.0. The third kappa shape index (κ3) is 3.49. The molecule has 2 aromatic heterocycles. The Labute approximate surface area is 155 Å². The van der Waals surface area contributed by atoms with Crippen molar-refractivity contribution < 1.29 is 4.79 Å². The minimum atomic E-state index is -0.0173. The number of amides is 1. The van der Waals surface area contributed by atoms with Crippen LogP contribution in [0.2, 0.25) is 0 Å². The van der Waals surface area contributed by atoms with Crippen LogP contribution in [0.15, 0.2) is 4.79 Å². The molecule has 1 amide bonds. The summed E-state index contributed by atoms with van der Waals surface area (Å²) in [6.45, 7) is 4.00. The van der Waals surface area contributed by atoms with Crippen molar-refractivity contribution in [2.75, 3.05) is 18.8 Å². The summed E-state index contributed by atoms with van der Waals surface area (Å²) in [5, 5.41) is 0.796. The van der Waals surface area contributed by atoms with Gasteiger partial charge in [-0.15, -0.1) is 23.1 Å². The molecule has 0 spiro atoms. The lowest BCUT2D eigenvalue weighted by atomic mass is 9.99. The molecule has 1 saturated heterocycles. The zero-order chi connectivity index (χ0) is 17.4. The second-order valence-corrected chi connectivity index (χ2v) is 9.18. The maximum Gasteiger partial charge on any atom is 0.259 e. The van der Waals surface area contributed by atoms with Crippen LogP contribution in [-0.4, -0.2) is 39.6 Å². The average Bonchev–Trinajstić information content (AvgIpc) is 3.15. The van der Waals surface area contributed by atoms with Crippen molar-refractivity contribution in [2.45, 2.75) is 44.8 Å². The first-order chi connectivity index (χ1) is 12.1. The van der Waals surface area contributed by atoms with E-state index >= 15 is 0 Å². The third-order valence-corrected chi connectivity index (χ3v) is 7.34. The zero-order valence-corrected chi connectivity index (χ0v) is 16.1. The fourth-order valence-electron chi connectivity index (χ4n) is 3.70. The Balaban J connectivity index is 1.38. The molecule has 2 aliphatic rings. The van der Waals surface area contributed by atoms with Crippen molar-refractivity contribution in [1.29, 1.82) is 0 Å². The zero-order valence-electron chi connectivity index (χ0n) is 14.5. The highest BCUT2D eigenvalue weighted by molar-refractivity contribution is 7.99. The average molecular weight is 378 g/mol. The van der Waals surface area contributed by atoms with Gasteiger partial charge < -0.3 is 9.88 Å². The molecule has 1 fully saturated rings. The molecule has 1 aliphatic carbocycles. The van der Waals surface area contributed by atoms with E-state index in [0.717, 1.165) is 61.3 Å². The van der Waals surface area contributed by atoms with Crippen LogP contribution in [0.1, 0.15) is 42.5 Å². The highest BCUT2D eigenvalue weighted by Crippen LogP contribution is 2.34. The Morgan fingerprint density at radius 3 is 2.96 bits per heavy atom. The molecule has 0 unspecified atom stereocenters. The number of H-pyrrole nitrogens is 1. The van der Waals surface area contributed by atoms with Gasteiger partial charge in [-0.25, -0.2) is 4.98 Å². The Bertz CT molecular complexity index is 850. The number of carbonyl (C=O) groups excluding carboxylic acids is 1. The van der Waals surface area contributed by atoms with Crippen LogP contribution < -0.4 is 5.56 Å². The predicted molar refractivity (Wildman–Crippen MR) is 103 cm³/mol. The van der Waals surface area contributed by atoms with E-state index in [1.54, 1.807) is 11.3 Å². The first kappa shape index (κ1) is 17.1. The standard InChI is InChI=1S/C18H23N3O2S2/c1-11-5-7-21(8-6-11)15(22)10-24-9-14-19-17(23)16-12-3-2-4-13(12)25-18(16)20-14/h11H,2-10H2,1H3,(H,19,20,23). The van der Waals surface area contributed by atoms with Gasteiger partial charge in [0.05, 0.1) is 16.9 Å². The van der Waals surface area contributed by atoms with Crippen LogP contribution in [0.5, 0.6) is 0 Å². The van der Waals surface area contributed by atoms with E-state index in [4.69, 9.17) is 0 Å². The second-order valence-electron chi connectivity index (χ2n) is 7.11. The highest BCUT2D eigenvalue weighted by atomic mass is 32.2. The van der Waals surface area contributed by atoms with Crippen LogP contribution in [0, 0.1) is 5.92 Å². The lowest BCUT2D eigenvalue weighted by Crippen LogP contribution is -2.38. The number of aryl methyl sites for hydroxylation is 2. The number of aromatic amines is 1. The van der Waals surface area contributed by atoms with Crippen molar-refractivity contribution >= 4 is 39.2 Å². The number of hydrogen-bond acceptors (Lipinski definition) is 5. The van der Waals surface area contributed by atoms with Crippen molar-refractivity contribution in [2.24, 2.45) is 5.92 Å². The molecule has 2 aromatic rings. The molecule has 1 N–H and O–H groups in total. The van der Waals surface area contributed by atoms with Crippen LogP contribution >= 0.6 is 23.1 Å². The quantitative estimate of drug-likeness (QED) is 0.890. The summed E-state index contributed by atoms with van der Waals surface area (Å²) in [6, 6.07) is 0. The summed E-state index contributed by atoms with van der Waals surface area (Å²) in [4.78, 5) is 36.4. The number of fused-ring (bicyclic) bond motifs is 3. The molecule has 134 valence electrons. The maximum absolute atomic E-state index is 12.4. The van der Waals surface area contributed by atoms with E-state index < -0.39 is 0 Å². The molecule has 5 nitrogen and oxygen atoms in total. The van der Waals surface area contributed by atoms with Crippen LogP contribution in [-0.2, 0) is 23.4 Å². The fourth-order valence-corrected chi connectivity index (χ4v) is 5.77. The molecule has 0 atom stereocenters. The number of thioether (sulfide) groups is 1. The molecule has 4 rings (SSSR count). The second kappa shape index (κ2) is 7.11. The molecule has 0 bridgehead atoms. The molecular weight excluding hydrogens is 354 g/mol. The van der Waals surface area contributed by atoms with Crippen LogP contribution in [0.25, 0.3) is 10.2 Å². The number of carbonyl (C=O) groups is 1. The lowest BCUT2D eigenvalue weighted by molar-refractivity contribution is -0.129. The van der Waals surface area contributed by atoms with Crippen LogP contribution in [0.4, 0.5) is 0 Å². The van der Waals surface area contributed by atoms with Crippen LogP contribution in [0.3, 0.4) is 0 Å². The number of aromatic nitrogens is 2. The molecular formula is C18H23N3O2S2. The number of likely N-dealkylation sites (tertiary alicyclic amines) is 1. The Morgan fingerprint density at radius 2 is 2.16 bits per heavy atom. The van der Waals surface area contributed by atoms with Crippen molar-refractivity contribution in [3.63, 3.8) is 0 Å². The summed E-state index contributed by atoms with van der Waals surface area (Å²) in [6.07, 6.45) is 5.42. The maximum atomic E-state index is 12.4. The minimum Gasteiger partial charge on any atom is -0.342 e. The van der Waals surface area contributed by atoms with Gasteiger partial charge in [-0.2, -0.15) is 0 Å². The summed E-state index contributed by atoms with van der Waals surface area (Å²) in [7, 11) is 0. The van der Waals surface area contributed by atoms with Gasteiger partial charge in [-0.3, -0.25) is 9.59 Å². The van der Waals surface area contributed by atoms with E-state index in [-0.39, 0.29) is 11.5 Å². The molecule has 7 heteroatoms.